The number of hydrogen-bond donors (Lipinski definition) is 0. The van der Waals surface area contributed by atoms with Crippen molar-refractivity contribution in [3.05, 3.63) is 0 Å². The van der Waals surface area contributed by atoms with Gasteiger partial charge in [0.25, 0.3) is 0 Å². The minimum absolute atomic E-state index is 0.0698. The van der Waals surface area contributed by atoms with Crippen LogP contribution in [0.1, 0.15) is 137 Å². The second-order valence-corrected chi connectivity index (χ2v) is 10.7. The van der Waals surface area contributed by atoms with Gasteiger partial charge in [0.15, 0.2) is 0 Å². The first-order chi connectivity index (χ1) is 13.5. The maximum Gasteiger partial charge on any atom is 0.758 e. The summed E-state index contributed by atoms with van der Waals surface area (Å²) >= 11 is -2.18. The first-order valence-corrected chi connectivity index (χ1v) is 13.8. The zero-order chi connectivity index (χ0) is 21.0. The summed E-state index contributed by atoms with van der Waals surface area (Å²) in [6.45, 7) is 10.2. The van der Waals surface area contributed by atoms with Crippen LogP contribution in [-0.4, -0.2) is 31.7 Å². The lowest BCUT2D eigenvalue weighted by atomic mass is 10.0. The largest absolute Gasteiger partial charge is 0.758 e. The smallest absolute Gasteiger partial charge is 0.471 e. The molecule has 0 aliphatic rings. The molecular weight excluding hydrogens is 363 g/mol. The van der Waals surface area contributed by atoms with E-state index in [1.54, 1.807) is 0 Å². The fourth-order valence-corrected chi connectivity index (χ4v) is 5.26. The summed E-state index contributed by atoms with van der Waals surface area (Å²) in [5.41, 5.74) is 0. The van der Waals surface area contributed by atoms with Gasteiger partial charge in [0, 0.05) is 12.2 Å². The highest BCUT2D eigenvalue weighted by Crippen LogP contribution is 2.14. The molecular formula is C24H49AlO3. The Morgan fingerprint density at radius 1 is 0.607 bits per heavy atom. The van der Waals surface area contributed by atoms with E-state index in [2.05, 4.69) is 6.92 Å². The fourth-order valence-electron chi connectivity index (χ4n) is 3.47. The Morgan fingerprint density at radius 3 is 1.25 bits per heavy atom. The summed E-state index contributed by atoms with van der Waals surface area (Å²) < 4.78 is 11.8. The van der Waals surface area contributed by atoms with Crippen LogP contribution in [0.3, 0.4) is 0 Å². The van der Waals surface area contributed by atoms with Crippen molar-refractivity contribution in [2.75, 3.05) is 0 Å². The van der Waals surface area contributed by atoms with E-state index in [1.807, 2.05) is 27.7 Å². The molecule has 0 aliphatic heterocycles. The van der Waals surface area contributed by atoms with Crippen LogP contribution in [0.15, 0.2) is 0 Å². The van der Waals surface area contributed by atoms with Crippen molar-refractivity contribution < 1.29 is 12.4 Å². The van der Waals surface area contributed by atoms with Gasteiger partial charge < -0.3 is 12.4 Å². The molecule has 0 fully saturated rings. The maximum absolute atomic E-state index is 12.4. The minimum atomic E-state index is -2.18. The molecule has 0 saturated heterocycles. The van der Waals surface area contributed by atoms with Crippen molar-refractivity contribution in [1.82, 2.24) is 0 Å². The summed E-state index contributed by atoms with van der Waals surface area (Å²) in [5, 5.41) is 0. The van der Waals surface area contributed by atoms with Gasteiger partial charge >= 0.3 is 14.8 Å². The normalized spacial score (nSPS) is 11.5. The van der Waals surface area contributed by atoms with Gasteiger partial charge in [-0.2, -0.15) is 0 Å². The molecule has 0 aromatic rings. The SMILES string of the molecule is CCCCCCCCCCCCCCCCC[C](=O)[Al]([O]C(C)C)[O]C(C)C. The number of hydrogen-bond acceptors (Lipinski definition) is 3. The molecule has 0 rings (SSSR count). The second-order valence-electron chi connectivity index (χ2n) is 8.87. The lowest BCUT2D eigenvalue weighted by Gasteiger charge is -2.17. The lowest BCUT2D eigenvalue weighted by molar-refractivity contribution is -0.115. The van der Waals surface area contributed by atoms with Crippen molar-refractivity contribution in [2.45, 2.75) is 150 Å². The molecule has 0 bridgehead atoms. The number of carbonyl (C=O) groups excluding carboxylic acids is 1. The van der Waals surface area contributed by atoms with E-state index in [-0.39, 0.29) is 16.9 Å². The van der Waals surface area contributed by atoms with E-state index in [1.165, 1.54) is 83.5 Å². The minimum Gasteiger partial charge on any atom is -0.471 e. The predicted molar refractivity (Wildman–Crippen MR) is 123 cm³/mol. The monoisotopic (exact) mass is 412 g/mol. The van der Waals surface area contributed by atoms with E-state index in [0.717, 1.165) is 12.8 Å². The van der Waals surface area contributed by atoms with E-state index in [4.69, 9.17) is 7.58 Å². The first-order valence-electron chi connectivity index (χ1n) is 12.3. The van der Waals surface area contributed by atoms with Gasteiger partial charge in [0.05, 0.1) is 0 Å². The van der Waals surface area contributed by atoms with Crippen LogP contribution in [0.2, 0.25) is 0 Å². The quantitative estimate of drug-likeness (QED) is 0.143. The molecule has 0 saturated carbocycles. The Balaban J connectivity index is 3.47. The molecule has 166 valence electrons. The van der Waals surface area contributed by atoms with Crippen molar-refractivity contribution in [1.29, 1.82) is 0 Å². The lowest BCUT2D eigenvalue weighted by Crippen LogP contribution is -2.37. The highest BCUT2D eigenvalue weighted by atomic mass is 27.2. The standard InChI is InChI=1S/C18H35O.2C3H7O.Al/c1-2-3-4-5-6-7-8-9-10-11-12-13-14-15-16-17-18-19;2*1-3(2)4;/h2-17H2,1H3;2*3H,1-2H3;/q;2*-1;+2. The average molecular weight is 413 g/mol. The first kappa shape index (κ1) is 28.1. The summed E-state index contributed by atoms with van der Waals surface area (Å²) in [7, 11) is 0. The Hall–Kier alpha value is 0.122. The molecule has 0 radical (unpaired) electrons. The van der Waals surface area contributed by atoms with E-state index < -0.39 is 14.8 Å². The Labute approximate surface area is 181 Å². The molecule has 4 heteroatoms. The molecule has 3 nitrogen and oxygen atoms in total. The van der Waals surface area contributed by atoms with E-state index >= 15 is 0 Å². The van der Waals surface area contributed by atoms with Crippen molar-refractivity contribution >= 4 is 19.5 Å². The van der Waals surface area contributed by atoms with Gasteiger partial charge in [-0.15, -0.1) is 0 Å². The maximum atomic E-state index is 12.4. The van der Waals surface area contributed by atoms with Gasteiger partial charge in [0.2, 0.25) is 0 Å². The average Bonchev–Trinajstić information content (AvgIpc) is 2.63. The van der Waals surface area contributed by atoms with Crippen LogP contribution in [0.25, 0.3) is 0 Å². The van der Waals surface area contributed by atoms with Gasteiger partial charge in [-0.05, 0) is 40.5 Å². The van der Waals surface area contributed by atoms with Gasteiger partial charge in [-0.25, -0.2) is 0 Å². The summed E-state index contributed by atoms with van der Waals surface area (Å²) in [6, 6.07) is 0. The van der Waals surface area contributed by atoms with Crippen molar-refractivity contribution in [2.24, 2.45) is 0 Å². The molecule has 0 spiro atoms. The topological polar surface area (TPSA) is 35.5 Å². The van der Waals surface area contributed by atoms with Crippen molar-refractivity contribution in [3.63, 3.8) is 0 Å². The fraction of sp³-hybridized carbons (Fsp3) is 0.958. The van der Waals surface area contributed by atoms with Crippen LogP contribution >= 0.6 is 0 Å². The predicted octanol–water partition coefficient (Wildman–Crippen LogP) is 7.69. The molecule has 0 amide bonds. The van der Waals surface area contributed by atoms with Crippen LogP contribution in [-0.2, 0) is 12.4 Å². The molecule has 0 heterocycles. The summed E-state index contributed by atoms with van der Waals surface area (Å²) in [4.78, 5) is 12.4. The number of rotatable bonds is 21. The molecule has 0 unspecified atom stereocenters. The Morgan fingerprint density at radius 2 is 0.929 bits per heavy atom. The molecule has 0 atom stereocenters. The van der Waals surface area contributed by atoms with Crippen LogP contribution in [0.4, 0.5) is 0 Å². The van der Waals surface area contributed by atoms with Gasteiger partial charge in [0.1, 0.15) is 4.65 Å². The third-order valence-electron chi connectivity index (χ3n) is 5.08. The Bertz CT molecular complexity index is 335. The zero-order valence-electron chi connectivity index (χ0n) is 19.8. The second kappa shape index (κ2) is 20.4. The molecule has 28 heavy (non-hydrogen) atoms. The van der Waals surface area contributed by atoms with E-state index in [9.17, 15) is 4.79 Å². The van der Waals surface area contributed by atoms with E-state index in [0.29, 0.717) is 6.42 Å². The highest BCUT2D eigenvalue weighted by molar-refractivity contribution is 6.80. The highest BCUT2D eigenvalue weighted by Gasteiger charge is 2.36. The third-order valence-corrected chi connectivity index (χ3v) is 7.48. The third kappa shape index (κ3) is 19.4. The number of carbonyl (C=O) groups is 1. The number of unbranched alkanes of at least 4 members (excludes halogenated alkanes) is 14. The zero-order valence-corrected chi connectivity index (χ0v) is 20.9. The summed E-state index contributed by atoms with van der Waals surface area (Å²) in [6.07, 6.45) is 21.0. The molecule has 0 aromatic heterocycles. The Kier molecular flexibility index (Phi) is 20.5. The molecule has 0 aromatic carbocycles. The molecule has 0 N–H and O–H groups in total. The van der Waals surface area contributed by atoms with Gasteiger partial charge in [-0.3, -0.25) is 0 Å². The van der Waals surface area contributed by atoms with Gasteiger partial charge in [-0.1, -0.05) is 96.8 Å². The summed E-state index contributed by atoms with van der Waals surface area (Å²) in [5.74, 6) is 0. The van der Waals surface area contributed by atoms with Crippen LogP contribution in [0, 0.1) is 0 Å². The van der Waals surface area contributed by atoms with Crippen molar-refractivity contribution in [3.8, 4) is 0 Å². The molecule has 0 aliphatic carbocycles. The van der Waals surface area contributed by atoms with Crippen LogP contribution < -0.4 is 0 Å². The van der Waals surface area contributed by atoms with Crippen LogP contribution in [0.5, 0.6) is 0 Å².